The maximum absolute atomic E-state index is 12.2. The molecule has 1 amide bonds. The number of methoxy groups -OCH3 is 1. The van der Waals surface area contributed by atoms with E-state index in [9.17, 15) is 4.79 Å². The molecule has 1 aliphatic rings. The molecule has 0 aliphatic heterocycles. The summed E-state index contributed by atoms with van der Waals surface area (Å²) < 4.78 is 10.8. The van der Waals surface area contributed by atoms with Crippen LogP contribution in [0.1, 0.15) is 41.7 Å². The first-order valence-electron chi connectivity index (χ1n) is 8.67. The Kier molecular flexibility index (Phi) is 5.38. The number of rotatable bonds is 8. The van der Waals surface area contributed by atoms with Crippen molar-refractivity contribution in [3.8, 4) is 5.75 Å². The summed E-state index contributed by atoms with van der Waals surface area (Å²) in [5.41, 5.74) is 1.57. The zero-order chi connectivity index (χ0) is 17.8. The van der Waals surface area contributed by atoms with Crippen LogP contribution in [0, 0.1) is 0 Å². The SMILES string of the molecule is CCN(C)C(=O)c1coc(CN(Cc2cccc(OC)c2)C2CC2)n1. The number of carbonyl (C=O) groups is 1. The van der Waals surface area contributed by atoms with Crippen LogP contribution in [0.15, 0.2) is 34.9 Å². The fourth-order valence-electron chi connectivity index (χ4n) is 2.75. The molecule has 0 radical (unpaired) electrons. The minimum absolute atomic E-state index is 0.108. The molecule has 6 heteroatoms. The van der Waals surface area contributed by atoms with Crippen LogP contribution in [0.4, 0.5) is 0 Å². The lowest BCUT2D eigenvalue weighted by Gasteiger charge is -2.20. The van der Waals surface area contributed by atoms with Gasteiger partial charge in [-0.25, -0.2) is 4.98 Å². The smallest absolute Gasteiger partial charge is 0.275 e. The van der Waals surface area contributed by atoms with Gasteiger partial charge in [-0.15, -0.1) is 0 Å². The molecule has 0 spiro atoms. The highest BCUT2D eigenvalue weighted by Crippen LogP contribution is 2.30. The second kappa shape index (κ2) is 7.70. The van der Waals surface area contributed by atoms with Gasteiger partial charge in [-0.3, -0.25) is 9.69 Å². The maximum Gasteiger partial charge on any atom is 0.275 e. The van der Waals surface area contributed by atoms with Crippen LogP contribution in [-0.2, 0) is 13.1 Å². The van der Waals surface area contributed by atoms with Gasteiger partial charge >= 0.3 is 0 Å². The minimum Gasteiger partial charge on any atom is -0.497 e. The van der Waals surface area contributed by atoms with Crippen molar-refractivity contribution in [1.82, 2.24) is 14.8 Å². The van der Waals surface area contributed by atoms with Crippen LogP contribution in [0.5, 0.6) is 5.75 Å². The van der Waals surface area contributed by atoms with Crippen LogP contribution in [-0.4, -0.2) is 47.4 Å². The Hall–Kier alpha value is -2.34. The Morgan fingerprint density at radius 2 is 2.16 bits per heavy atom. The number of benzene rings is 1. The third kappa shape index (κ3) is 4.39. The largest absolute Gasteiger partial charge is 0.497 e. The van der Waals surface area contributed by atoms with Gasteiger partial charge in [-0.2, -0.15) is 0 Å². The van der Waals surface area contributed by atoms with E-state index in [1.807, 2.05) is 19.1 Å². The van der Waals surface area contributed by atoms with E-state index in [-0.39, 0.29) is 5.91 Å². The zero-order valence-corrected chi connectivity index (χ0v) is 15.1. The van der Waals surface area contributed by atoms with Crippen molar-refractivity contribution in [2.45, 2.75) is 38.9 Å². The quantitative estimate of drug-likeness (QED) is 0.737. The van der Waals surface area contributed by atoms with E-state index in [4.69, 9.17) is 9.15 Å². The van der Waals surface area contributed by atoms with Crippen molar-refractivity contribution in [1.29, 1.82) is 0 Å². The van der Waals surface area contributed by atoms with Gasteiger partial charge in [0.1, 0.15) is 12.0 Å². The highest BCUT2D eigenvalue weighted by molar-refractivity contribution is 5.91. The minimum atomic E-state index is -0.108. The molecule has 6 nitrogen and oxygen atoms in total. The van der Waals surface area contributed by atoms with E-state index in [2.05, 4.69) is 22.0 Å². The maximum atomic E-state index is 12.2. The van der Waals surface area contributed by atoms with Crippen molar-refractivity contribution in [2.75, 3.05) is 20.7 Å². The first kappa shape index (κ1) is 17.5. The van der Waals surface area contributed by atoms with Gasteiger partial charge in [-0.05, 0) is 37.5 Å². The lowest BCUT2D eigenvalue weighted by Crippen LogP contribution is -2.27. The summed E-state index contributed by atoms with van der Waals surface area (Å²) in [5.74, 6) is 1.34. The molecular weight excluding hydrogens is 318 g/mol. The van der Waals surface area contributed by atoms with Gasteiger partial charge in [0.2, 0.25) is 5.89 Å². The summed E-state index contributed by atoms with van der Waals surface area (Å²) in [5, 5.41) is 0. The molecule has 3 rings (SSSR count). The van der Waals surface area contributed by atoms with E-state index in [1.54, 1.807) is 19.1 Å². The van der Waals surface area contributed by atoms with Crippen LogP contribution in [0.3, 0.4) is 0 Å². The molecule has 0 N–H and O–H groups in total. The standard InChI is InChI=1S/C19H25N3O3/c1-4-21(2)19(23)17-13-25-18(20-17)12-22(15-8-9-15)11-14-6-5-7-16(10-14)24-3/h5-7,10,13,15H,4,8-9,11-12H2,1-3H3. The summed E-state index contributed by atoms with van der Waals surface area (Å²) in [6.07, 6.45) is 3.84. The molecule has 25 heavy (non-hydrogen) atoms. The van der Waals surface area contributed by atoms with Crippen molar-refractivity contribution in [3.63, 3.8) is 0 Å². The molecule has 1 saturated carbocycles. The number of nitrogens with zero attached hydrogens (tertiary/aromatic N) is 3. The van der Waals surface area contributed by atoms with Gasteiger partial charge in [-0.1, -0.05) is 12.1 Å². The summed E-state index contributed by atoms with van der Waals surface area (Å²) in [7, 11) is 3.44. The lowest BCUT2D eigenvalue weighted by atomic mass is 10.2. The van der Waals surface area contributed by atoms with Crippen molar-refractivity contribution < 1.29 is 13.9 Å². The Balaban J connectivity index is 1.68. The molecule has 0 bridgehead atoms. The highest BCUT2D eigenvalue weighted by atomic mass is 16.5. The fraction of sp³-hybridized carbons (Fsp3) is 0.474. The molecule has 1 aromatic heterocycles. The third-order valence-corrected chi connectivity index (χ3v) is 4.51. The Labute approximate surface area is 148 Å². The van der Waals surface area contributed by atoms with Crippen LogP contribution in [0.25, 0.3) is 0 Å². The molecule has 1 fully saturated rings. The molecule has 0 unspecified atom stereocenters. The number of oxazole rings is 1. The van der Waals surface area contributed by atoms with Crippen molar-refractivity contribution in [2.24, 2.45) is 0 Å². The molecule has 134 valence electrons. The second-order valence-corrected chi connectivity index (χ2v) is 6.43. The van der Waals surface area contributed by atoms with Crippen molar-refractivity contribution in [3.05, 3.63) is 47.7 Å². The number of hydrogen-bond acceptors (Lipinski definition) is 5. The monoisotopic (exact) mass is 343 g/mol. The fourth-order valence-corrected chi connectivity index (χ4v) is 2.75. The van der Waals surface area contributed by atoms with Gasteiger partial charge < -0.3 is 14.1 Å². The Bertz CT molecular complexity index is 724. The lowest BCUT2D eigenvalue weighted by molar-refractivity contribution is 0.0796. The molecule has 2 aromatic rings. The first-order chi connectivity index (χ1) is 12.1. The average Bonchev–Trinajstić information content (AvgIpc) is 3.39. The van der Waals surface area contributed by atoms with Crippen LogP contribution < -0.4 is 4.74 Å². The number of carbonyl (C=O) groups excluding carboxylic acids is 1. The van der Waals surface area contributed by atoms with Gasteiger partial charge in [0, 0.05) is 26.2 Å². The first-order valence-corrected chi connectivity index (χ1v) is 8.67. The molecule has 0 saturated heterocycles. The Morgan fingerprint density at radius 3 is 2.84 bits per heavy atom. The summed E-state index contributed by atoms with van der Waals surface area (Å²) in [4.78, 5) is 20.5. The second-order valence-electron chi connectivity index (χ2n) is 6.43. The predicted molar refractivity (Wildman–Crippen MR) is 94.4 cm³/mol. The topological polar surface area (TPSA) is 58.8 Å². The van der Waals surface area contributed by atoms with E-state index >= 15 is 0 Å². The van der Waals surface area contributed by atoms with Crippen LogP contribution >= 0.6 is 0 Å². The third-order valence-electron chi connectivity index (χ3n) is 4.51. The normalized spacial score (nSPS) is 13.9. The van der Waals surface area contributed by atoms with Crippen molar-refractivity contribution >= 4 is 5.91 Å². The zero-order valence-electron chi connectivity index (χ0n) is 15.1. The van der Waals surface area contributed by atoms with E-state index < -0.39 is 0 Å². The molecule has 1 heterocycles. The summed E-state index contributed by atoms with van der Waals surface area (Å²) >= 11 is 0. The number of ether oxygens (including phenoxy) is 1. The summed E-state index contributed by atoms with van der Waals surface area (Å²) in [6, 6.07) is 8.65. The highest BCUT2D eigenvalue weighted by Gasteiger charge is 2.30. The van der Waals surface area contributed by atoms with E-state index in [0.29, 0.717) is 30.7 Å². The van der Waals surface area contributed by atoms with Gasteiger partial charge in [0.25, 0.3) is 5.91 Å². The number of amides is 1. The Morgan fingerprint density at radius 1 is 1.36 bits per heavy atom. The molecule has 1 aromatic carbocycles. The van der Waals surface area contributed by atoms with Gasteiger partial charge in [0.05, 0.1) is 13.7 Å². The molecule has 1 aliphatic carbocycles. The number of hydrogen-bond donors (Lipinski definition) is 0. The number of aromatic nitrogens is 1. The molecular formula is C19H25N3O3. The van der Waals surface area contributed by atoms with E-state index in [0.717, 1.165) is 12.3 Å². The van der Waals surface area contributed by atoms with E-state index in [1.165, 1.54) is 24.7 Å². The summed E-state index contributed by atoms with van der Waals surface area (Å²) in [6.45, 7) is 3.99. The van der Waals surface area contributed by atoms with Gasteiger partial charge in [0.15, 0.2) is 5.69 Å². The predicted octanol–water partition coefficient (Wildman–Crippen LogP) is 2.94. The van der Waals surface area contributed by atoms with Crippen LogP contribution in [0.2, 0.25) is 0 Å². The average molecular weight is 343 g/mol. The molecule has 0 atom stereocenters.